The van der Waals surface area contributed by atoms with E-state index in [-0.39, 0.29) is 49.9 Å². The molecule has 3 heterocycles. The van der Waals surface area contributed by atoms with E-state index in [1.807, 2.05) is 69.3 Å². The summed E-state index contributed by atoms with van der Waals surface area (Å²) in [4.78, 5) is 51.5. The second-order valence-electron chi connectivity index (χ2n) is 13.4. The lowest BCUT2D eigenvalue weighted by molar-refractivity contribution is -0.146. The highest BCUT2D eigenvalue weighted by atomic mass is 16.5. The Labute approximate surface area is 290 Å². The summed E-state index contributed by atoms with van der Waals surface area (Å²) >= 11 is 0. The summed E-state index contributed by atoms with van der Waals surface area (Å²) < 4.78 is 12.6. The molecule has 2 bridgehead atoms. The lowest BCUT2D eigenvalue weighted by atomic mass is 9.62. The van der Waals surface area contributed by atoms with Crippen LogP contribution in [0.1, 0.15) is 47.5 Å². The Morgan fingerprint density at radius 2 is 1.51 bits per heavy atom. The molecule has 1 spiro atoms. The Kier molecular flexibility index (Phi) is 10.9. The van der Waals surface area contributed by atoms with Crippen molar-refractivity contribution in [3.8, 4) is 5.75 Å². The smallest absolute Gasteiger partial charge is 0.253 e. The average Bonchev–Trinajstić information content (AvgIpc) is 3.62. The van der Waals surface area contributed by atoms with Gasteiger partial charge >= 0.3 is 0 Å². The van der Waals surface area contributed by atoms with Crippen molar-refractivity contribution in [3.63, 3.8) is 0 Å². The first-order chi connectivity index (χ1) is 23.6. The molecule has 3 fully saturated rings. The number of nitrogens with zero attached hydrogens (tertiary/aromatic N) is 4. The van der Waals surface area contributed by atoms with Crippen LogP contribution in [0.15, 0.2) is 73.8 Å². The molecule has 0 saturated carbocycles. The van der Waals surface area contributed by atoms with Gasteiger partial charge in [-0.3, -0.25) is 14.4 Å². The van der Waals surface area contributed by atoms with Gasteiger partial charge in [-0.1, -0.05) is 19.1 Å². The molecule has 0 aliphatic carbocycles. The van der Waals surface area contributed by atoms with Gasteiger partial charge in [0.05, 0.1) is 24.0 Å². The van der Waals surface area contributed by atoms with E-state index in [9.17, 15) is 19.5 Å². The zero-order valence-electron chi connectivity index (χ0n) is 29.6. The van der Waals surface area contributed by atoms with Gasteiger partial charge in [0.2, 0.25) is 11.8 Å². The normalized spacial score (nSPS) is 26.7. The Hall–Kier alpha value is -4.15. The molecule has 0 aromatic heterocycles. The molecule has 10 nitrogen and oxygen atoms in total. The predicted molar refractivity (Wildman–Crippen MR) is 193 cm³/mol. The van der Waals surface area contributed by atoms with Crippen molar-refractivity contribution in [3.05, 3.63) is 73.8 Å². The van der Waals surface area contributed by atoms with Crippen LogP contribution in [0.5, 0.6) is 5.75 Å². The molecule has 1 N–H and O–H groups in total. The number of anilines is 3. The number of rotatable bonds is 16. The molecule has 10 heteroatoms. The fraction of sp³-hybridized carbons (Fsp3) is 0.513. The second kappa shape index (κ2) is 14.8. The third-order valence-corrected chi connectivity index (χ3v) is 10.8. The molecule has 49 heavy (non-hydrogen) atoms. The zero-order valence-corrected chi connectivity index (χ0v) is 29.6. The Morgan fingerprint density at radius 1 is 0.959 bits per heavy atom. The minimum Gasteiger partial charge on any atom is -0.494 e. The van der Waals surface area contributed by atoms with Crippen LogP contribution < -0.4 is 19.4 Å². The molecular formula is C39H52N4O6. The maximum atomic E-state index is 15.0. The van der Waals surface area contributed by atoms with Gasteiger partial charge in [0.15, 0.2) is 0 Å². The third kappa shape index (κ3) is 6.14. The van der Waals surface area contributed by atoms with Gasteiger partial charge in [-0.05, 0) is 95.0 Å². The standard InChI is InChI=1S/C39H52N4O6/c1-8-22-41(30-18-20-31(21-19-30)48-12-5)35(45)32-33-36(46)43(24-13-25-44)34(39(33)26-27(6)38(32,7)49-39)37(47)42(23-9-2)29-16-14-28(15-17-29)40(10-3)11-4/h8-9,14-21,27,32-34,44H,1-2,10-13,22-26H2,3-7H3/t27?,32-,33-,34?,38+,39?/m0/s1. The fourth-order valence-electron chi connectivity index (χ4n) is 8.42. The van der Waals surface area contributed by atoms with E-state index >= 15 is 0 Å². The first-order valence-corrected chi connectivity index (χ1v) is 17.6. The predicted octanol–water partition coefficient (Wildman–Crippen LogP) is 5.06. The van der Waals surface area contributed by atoms with E-state index in [0.29, 0.717) is 36.6 Å². The van der Waals surface area contributed by atoms with Crippen LogP contribution in [-0.2, 0) is 19.1 Å². The summed E-state index contributed by atoms with van der Waals surface area (Å²) in [5.74, 6) is -1.97. The molecule has 2 aromatic carbocycles. The van der Waals surface area contributed by atoms with Crippen molar-refractivity contribution in [2.75, 3.05) is 60.6 Å². The molecule has 5 rings (SSSR count). The summed E-state index contributed by atoms with van der Waals surface area (Å²) in [6.45, 7) is 20.6. The number of aliphatic hydroxyl groups excluding tert-OH is 1. The number of carbonyl (C=O) groups is 3. The number of fused-ring (bicyclic) bond motifs is 1. The molecular weight excluding hydrogens is 620 g/mol. The number of benzene rings is 2. The van der Waals surface area contributed by atoms with Crippen molar-refractivity contribution < 1.29 is 29.0 Å². The van der Waals surface area contributed by atoms with Crippen LogP contribution in [0.3, 0.4) is 0 Å². The fourth-order valence-corrected chi connectivity index (χ4v) is 8.42. The SMILES string of the molecule is C=CCN(C(=O)C1N(CCCO)C(=O)[C@@H]2[C@@H](C(=O)N(CC=C)c3ccc(OCC)cc3)[C@]3(C)OC12CC3C)c1ccc(N(CC)CC)cc1. The summed E-state index contributed by atoms with van der Waals surface area (Å²) in [5, 5.41) is 9.83. The highest BCUT2D eigenvalue weighted by Crippen LogP contribution is 2.65. The Balaban J connectivity index is 1.56. The largest absolute Gasteiger partial charge is 0.494 e. The van der Waals surface area contributed by atoms with Gasteiger partial charge in [-0.15, -0.1) is 13.2 Å². The number of likely N-dealkylation sites (tertiary alicyclic amines) is 1. The number of carbonyl (C=O) groups excluding carboxylic acids is 3. The van der Waals surface area contributed by atoms with Crippen LogP contribution in [0.25, 0.3) is 0 Å². The highest BCUT2D eigenvalue weighted by Gasteiger charge is 2.80. The lowest BCUT2D eigenvalue weighted by Gasteiger charge is -2.39. The first-order valence-electron chi connectivity index (χ1n) is 17.6. The van der Waals surface area contributed by atoms with Crippen molar-refractivity contribution in [1.29, 1.82) is 0 Å². The monoisotopic (exact) mass is 672 g/mol. The first kappa shape index (κ1) is 36.1. The molecule has 3 amide bonds. The van der Waals surface area contributed by atoms with E-state index in [4.69, 9.17) is 9.47 Å². The summed E-state index contributed by atoms with van der Waals surface area (Å²) in [6.07, 6.45) is 4.08. The average molecular weight is 673 g/mol. The van der Waals surface area contributed by atoms with E-state index in [2.05, 4.69) is 31.9 Å². The van der Waals surface area contributed by atoms with Crippen molar-refractivity contribution >= 4 is 34.8 Å². The summed E-state index contributed by atoms with van der Waals surface area (Å²) in [7, 11) is 0. The number of ether oxygens (including phenoxy) is 2. The van der Waals surface area contributed by atoms with Crippen molar-refractivity contribution in [2.24, 2.45) is 17.8 Å². The number of hydrogen-bond donors (Lipinski definition) is 1. The van der Waals surface area contributed by atoms with E-state index in [1.54, 1.807) is 26.9 Å². The quantitative estimate of drug-likeness (QED) is 0.249. The van der Waals surface area contributed by atoms with Crippen LogP contribution in [0.4, 0.5) is 17.1 Å². The van der Waals surface area contributed by atoms with Crippen LogP contribution in [0.2, 0.25) is 0 Å². The number of aliphatic hydroxyl groups is 1. The van der Waals surface area contributed by atoms with Gasteiger partial charge in [0.25, 0.3) is 5.91 Å². The molecule has 2 aromatic rings. The van der Waals surface area contributed by atoms with Crippen molar-refractivity contribution in [2.45, 2.75) is 64.7 Å². The molecule has 3 saturated heterocycles. The topological polar surface area (TPSA) is 103 Å². The van der Waals surface area contributed by atoms with Crippen molar-refractivity contribution in [1.82, 2.24) is 4.90 Å². The number of amides is 3. The Bertz CT molecular complexity index is 1520. The molecule has 3 aliphatic heterocycles. The second-order valence-corrected chi connectivity index (χ2v) is 13.4. The van der Waals surface area contributed by atoms with Gasteiger partial charge < -0.3 is 34.2 Å². The zero-order chi connectivity index (χ0) is 35.5. The minimum atomic E-state index is -1.22. The maximum Gasteiger partial charge on any atom is 0.253 e. The third-order valence-electron chi connectivity index (χ3n) is 10.8. The van der Waals surface area contributed by atoms with Gasteiger partial charge in [0.1, 0.15) is 17.4 Å². The summed E-state index contributed by atoms with van der Waals surface area (Å²) in [6, 6.07) is 14.2. The summed E-state index contributed by atoms with van der Waals surface area (Å²) in [5.41, 5.74) is 0.177. The molecule has 6 atom stereocenters. The van der Waals surface area contributed by atoms with Gasteiger partial charge in [0, 0.05) is 56.4 Å². The minimum absolute atomic E-state index is 0.120. The van der Waals surface area contributed by atoms with Crippen LogP contribution >= 0.6 is 0 Å². The van der Waals surface area contributed by atoms with Gasteiger partial charge in [-0.25, -0.2) is 0 Å². The molecule has 0 radical (unpaired) electrons. The lowest BCUT2D eigenvalue weighted by Crippen LogP contribution is -2.57. The van der Waals surface area contributed by atoms with E-state index in [0.717, 1.165) is 18.8 Å². The maximum absolute atomic E-state index is 15.0. The number of hydrogen-bond acceptors (Lipinski definition) is 7. The van der Waals surface area contributed by atoms with Crippen LogP contribution in [-0.4, -0.2) is 90.9 Å². The highest BCUT2D eigenvalue weighted by molar-refractivity contribution is 6.07. The Morgan fingerprint density at radius 3 is 2.04 bits per heavy atom. The molecule has 3 unspecified atom stereocenters. The van der Waals surface area contributed by atoms with Gasteiger partial charge in [-0.2, -0.15) is 0 Å². The van der Waals surface area contributed by atoms with Crippen LogP contribution in [0, 0.1) is 17.8 Å². The molecule has 3 aliphatic rings. The van der Waals surface area contributed by atoms with E-state index in [1.165, 1.54) is 0 Å². The molecule has 264 valence electrons. The van der Waals surface area contributed by atoms with E-state index < -0.39 is 29.1 Å².